The van der Waals surface area contributed by atoms with E-state index in [0.29, 0.717) is 0 Å². The first kappa shape index (κ1) is 8.09. The Hall–Kier alpha value is -1.01. The third kappa shape index (κ3) is 2.24. The number of nitriles is 1. The molecule has 0 spiro atoms. The number of allylic oxidation sites excluding steroid dienone is 2. The number of morpholine rings is 1. The molecule has 1 aliphatic heterocycles. The molecule has 0 N–H and O–H groups in total. The van der Waals surface area contributed by atoms with Crippen LogP contribution in [-0.2, 0) is 4.74 Å². The summed E-state index contributed by atoms with van der Waals surface area (Å²) in [7, 11) is 0. The molecule has 3 heteroatoms. The van der Waals surface area contributed by atoms with Crippen LogP contribution in [0.25, 0.3) is 0 Å². The van der Waals surface area contributed by atoms with Gasteiger partial charge in [-0.2, -0.15) is 5.26 Å². The summed E-state index contributed by atoms with van der Waals surface area (Å²) in [4.78, 5) is 2.16. The molecule has 0 unspecified atom stereocenters. The van der Waals surface area contributed by atoms with Crippen molar-refractivity contribution in [2.45, 2.75) is 6.92 Å². The second kappa shape index (κ2) is 3.99. The van der Waals surface area contributed by atoms with Crippen LogP contribution < -0.4 is 0 Å². The van der Waals surface area contributed by atoms with Crippen LogP contribution in [0.2, 0.25) is 0 Å². The maximum Gasteiger partial charge on any atom is 0.0930 e. The van der Waals surface area contributed by atoms with Crippen LogP contribution in [0.3, 0.4) is 0 Å². The summed E-state index contributed by atoms with van der Waals surface area (Å²) in [5.41, 5.74) is 1.04. The number of nitrogens with zero attached hydrogens (tertiary/aromatic N) is 2. The molecular formula is C8H12N2O. The van der Waals surface area contributed by atoms with E-state index in [1.807, 2.05) is 13.0 Å². The van der Waals surface area contributed by atoms with Crippen molar-refractivity contribution in [2.24, 2.45) is 0 Å². The van der Waals surface area contributed by atoms with Crippen molar-refractivity contribution >= 4 is 0 Å². The highest BCUT2D eigenvalue weighted by Crippen LogP contribution is 2.05. The van der Waals surface area contributed by atoms with E-state index in [9.17, 15) is 0 Å². The molecule has 0 aromatic carbocycles. The van der Waals surface area contributed by atoms with Gasteiger partial charge in [0, 0.05) is 24.9 Å². The van der Waals surface area contributed by atoms with E-state index in [1.54, 1.807) is 6.08 Å². The fourth-order valence-electron chi connectivity index (χ4n) is 1.10. The highest BCUT2D eigenvalue weighted by atomic mass is 16.5. The molecule has 0 atom stereocenters. The number of hydrogen-bond donors (Lipinski definition) is 0. The molecule has 0 bridgehead atoms. The maximum atomic E-state index is 8.38. The summed E-state index contributed by atoms with van der Waals surface area (Å²) < 4.78 is 5.18. The first-order valence-corrected chi connectivity index (χ1v) is 3.73. The highest BCUT2D eigenvalue weighted by molar-refractivity contribution is 5.10. The van der Waals surface area contributed by atoms with Crippen LogP contribution in [-0.4, -0.2) is 31.2 Å². The van der Waals surface area contributed by atoms with Crippen molar-refractivity contribution in [1.82, 2.24) is 4.90 Å². The first-order chi connectivity index (χ1) is 5.34. The standard InChI is InChI=1S/C8H12N2O/c1-8(2-3-9)10-4-6-11-7-5-10/h2H,4-7H2,1H3. The number of hydrogen-bond acceptors (Lipinski definition) is 3. The molecule has 0 aromatic rings. The zero-order valence-electron chi connectivity index (χ0n) is 6.71. The van der Waals surface area contributed by atoms with E-state index in [-0.39, 0.29) is 0 Å². The van der Waals surface area contributed by atoms with Crippen LogP contribution in [0.4, 0.5) is 0 Å². The molecule has 60 valence electrons. The minimum absolute atomic E-state index is 0.774. The van der Waals surface area contributed by atoms with Gasteiger partial charge in [-0.05, 0) is 6.92 Å². The minimum atomic E-state index is 0.774. The van der Waals surface area contributed by atoms with Crippen LogP contribution in [0.5, 0.6) is 0 Å². The zero-order valence-corrected chi connectivity index (χ0v) is 6.71. The molecule has 0 aromatic heterocycles. The average molecular weight is 152 g/mol. The molecule has 0 saturated carbocycles. The Balaban J connectivity index is 2.46. The average Bonchev–Trinajstić information content (AvgIpc) is 2.07. The SMILES string of the molecule is CC(=CC#N)N1CCOCC1. The second-order valence-corrected chi connectivity index (χ2v) is 2.51. The summed E-state index contributed by atoms with van der Waals surface area (Å²) in [6, 6.07) is 2.02. The van der Waals surface area contributed by atoms with Gasteiger partial charge >= 0.3 is 0 Å². The van der Waals surface area contributed by atoms with Crippen LogP contribution in [0, 0.1) is 11.3 Å². The number of rotatable bonds is 1. The zero-order chi connectivity index (χ0) is 8.10. The maximum absolute atomic E-state index is 8.38. The second-order valence-electron chi connectivity index (χ2n) is 2.51. The summed E-state index contributed by atoms with van der Waals surface area (Å²) in [5.74, 6) is 0. The topological polar surface area (TPSA) is 36.3 Å². The number of ether oxygens (including phenoxy) is 1. The molecule has 11 heavy (non-hydrogen) atoms. The van der Waals surface area contributed by atoms with E-state index in [2.05, 4.69) is 4.90 Å². The Labute approximate surface area is 66.9 Å². The molecule has 0 amide bonds. The minimum Gasteiger partial charge on any atom is -0.378 e. The third-order valence-corrected chi connectivity index (χ3v) is 1.78. The van der Waals surface area contributed by atoms with E-state index in [4.69, 9.17) is 10.00 Å². The highest BCUT2D eigenvalue weighted by Gasteiger charge is 2.09. The lowest BCUT2D eigenvalue weighted by molar-refractivity contribution is 0.0538. The molecule has 3 nitrogen and oxygen atoms in total. The monoisotopic (exact) mass is 152 g/mol. The predicted molar refractivity (Wildman–Crippen MR) is 41.8 cm³/mol. The molecule has 0 radical (unpaired) electrons. The first-order valence-electron chi connectivity index (χ1n) is 3.73. The normalized spacial score (nSPS) is 19.6. The smallest absolute Gasteiger partial charge is 0.0930 e. The molecule has 1 rings (SSSR count). The van der Waals surface area contributed by atoms with Gasteiger partial charge in [0.05, 0.1) is 19.3 Å². The van der Waals surface area contributed by atoms with Gasteiger partial charge in [-0.3, -0.25) is 0 Å². The Kier molecular flexibility index (Phi) is 2.94. The van der Waals surface area contributed by atoms with Gasteiger partial charge in [0.25, 0.3) is 0 Å². The van der Waals surface area contributed by atoms with Gasteiger partial charge in [0.1, 0.15) is 0 Å². The molecule has 1 saturated heterocycles. The molecule has 1 aliphatic rings. The Morgan fingerprint density at radius 3 is 2.73 bits per heavy atom. The van der Waals surface area contributed by atoms with Crippen molar-refractivity contribution in [3.8, 4) is 6.07 Å². The van der Waals surface area contributed by atoms with Crippen molar-refractivity contribution < 1.29 is 4.74 Å². The van der Waals surface area contributed by atoms with Gasteiger partial charge < -0.3 is 9.64 Å². The lowest BCUT2D eigenvalue weighted by Crippen LogP contribution is -2.34. The van der Waals surface area contributed by atoms with Crippen LogP contribution in [0.15, 0.2) is 11.8 Å². The van der Waals surface area contributed by atoms with E-state index in [0.717, 1.165) is 32.0 Å². The van der Waals surface area contributed by atoms with Crippen molar-refractivity contribution in [3.05, 3.63) is 11.8 Å². The van der Waals surface area contributed by atoms with Gasteiger partial charge in [0.2, 0.25) is 0 Å². The Morgan fingerprint density at radius 1 is 1.55 bits per heavy atom. The Bertz CT molecular complexity index is 187. The molecule has 0 aliphatic carbocycles. The summed E-state index contributed by atoms with van der Waals surface area (Å²) in [5, 5.41) is 8.38. The van der Waals surface area contributed by atoms with E-state index >= 15 is 0 Å². The summed E-state index contributed by atoms with van der Waals surface area (Å²) in [6.45, 7) is 5.32. The quantitative estimate of drug-likeness (QED) is 0.520. The summed E-state index contributed by atoms with van der Waals surface area (Å²) in [6.07, 6.45) is 1.57. The Morgan fingerprint density at radius 2 is 2.18 bits per heavy atom. The van der Waals surface area contributed by atoms with E-state index < -0.39 is 0 Å². The molecule has 1 heterocycles. The fourth-order valence-corrected chi connectivity index (χ4v) is 1.10. The predicted octanol–water partition coefficient (Wildman–Crippen LogP) is 0.746. The molecular weight excluding hydrogens is 140 g/mol. The van der Waals surface area contributed by atoms with Gasteiger partial charge in [-0.15, -0.1) is 0 Å². The van der Waals surface area contributed by atoms with Crippen LogP contribution in [0.1, 0.15) is 6.92 Å². The lowest BCUT2D eigenvalue weighted by Gasteiger charge is -2.28. The van der Waals surface area contributed by atoms with E-state index in [1.165, 1.54) is 0 Å². The van der Waals surface area contributed by atoms with Crippen molar-refractivity contribution in [3.63, 3.8) is 0 Å². The van der Waals surface area contributed by atoms with Gasteiger partial charge in [-0.1, -0.05) is 0 Å². The van der Waals surface area contributed by atoms with Crippen molar-refractivity contribution in [1.29, 1.82) is 5.26 Å². The molecule has 1 fully saturated rings. The van der Waals surface area contributed by atoms with Crippen molar-refractivity contribution in [2.75, 3.05) is 26.3 Å². The third-order valence-electron chi connectivity index (χ3n) is 1.78. The largest absolute Gasteiger partial charge is 0.378 e. The van der Waals surface area contributed by atoms with Gasteiger partial charge in [0.15, 0.2) is 0 Å². The van der Waals surface area contributed by atoms with Crippen LogP contribution >= 0.6 is 0 Å². The fraction of sp³-hybridized carbons (Fsp3) is 0.625. The lowest BCUT2D eigenvalue weighted by atomic mass is 10.3. The van der Waals surface area contributed by atoms with Gasteiger partial charge in [-0.25, -0.2) is 0 Å². The summed E-state index contributed by atoms with van der Waals surface area (Å²) >= 11 is 0.